The minimum absolute atomic E-state index is 0. The van der Waals surface area contributed by atoms with Crippen LogP contribution >= 0.6 is 24.0 Å². The number of aromatic nitrogens is 2. The van der Waals surface area contributed by atoms with Crippen molar-refractivity contribution in [1.82, 2.24) is 20.0 Å². The summed E-state index contributed by atoms with van der Waals surface area (Å²) >= 11 is 0. The summed E-state index contributed by atoms with van der Waals surface area (Å²) in [4.78, 5) is 18.2. The number of ether oxygens (including phenoxy) is 1. The first-order valence-electron chi connectivity index (χ1n) is 7.99. The van der Waals surface area contributed by atoms with E-state index < -0.39 is 5.97 Å². The van der Waals surface area contributed by atoms with Crippen molar-refractivity contribution in [2.45, 2.75) is 13.5 Å². The molecule has 0 aliphatic carbocycles. The first-order chi connectivity index (χ1) is 11.7. The van der Waals surface area contributed by atoms with Crippen LogP contribution in [0.1, 0.15) is 23.0 Å². The number of guanidine groups is 1. The molecule has 1 aliphatic heterocycles. The summed E-state index contributed by atoms with van der Waals surface area (Å²) in [5, 5.41) is 7.62. The van der Waals surface area contributed by atoms with Crippen LogP contribution in [0.5, 0.6) is 0 Å². The Kier molecular flexibility index (Phi) is 6.80. The summed E-state index contributed by atoms with van der Waals surface area (Å²) in [6.07, 6.45) is 1.76. The number of rotatable bonds is 5. The van der Waals surface area contributed by atoms with Gasteiger partial charge >= 0.3 is 5.97 Å². The molecule has 0 saturated carbocycles. The van der Waals surface area contributed by atoms with Crippen molar-refractivity contribution in [3.63, 3.8) is 0 Å². The number of benzene rings is 1. The summed E-state index contributed by atoms with van der Waals surface area (Å²) < 4.78 is 6.64. The Labute approximate surface area is 164 Å². The van der Waals surface area contributed by atoms with Gasteiger partial charge in [0.1, 0.15) is 0 Å². The van der Waals surface area contributed by atoms with Crippen molar-refractivity contribution in [3.05, 3.63) is 47.8 Å². The molecule has 3 rings (SSSR count). The zero-order valence-corrected chi connectivity index (χ0v) is 16.6. The Morgan fingerprint density at radius 1 is 1.36 bits per heavy atom. The third-order valence-electron chi connectivity index (χ3n) is 3.76. The highest BCUT2D eigenvalue weighted by Crippen LogP contribution is 2.11. The monoisotopic (exact) mass is 455 g/mol. The number of nitrogens with zero attached hydrogens (tertiary/aromatic N) is 4. The topological polar surface area (TPSA) is 71.8 Å². The lowest BCUT2D eigenvalue weighted by Crippen LogP contribution is -2.35. The summed E-state index contributed by atoms with van der Waals surface area (Å²) in [5.74, 6) is 0.514. The lowest BCUT2D eigenvalue weighted by atomic mass is 10.2. The summed E-state index contributed by atoms with van der Waals surface area (Å²) in [7, 11) is 2.02. The molecule has 2 aromatic rings. The standard InChI is InChI=1S/C17H21N5O2.HI/c1-3-24-16(23)15-7-9-22(20-15)14-6-4-5-13(11-14)12-19-17-18-8-10-21(17)2;/h4-7,9,11H,3,8,10,12H2,1-2H3,(H,18,19);1H. The van der Waals surface area contributed by atoms with E-state index in [1.54, 1.807) is 23.9 Å². The van der Waals surface area contributed by atoms with Crippen molar-refractivity contribution in [2.75, 3.05) is 26.7 Å². The van der Waals surface area contributed by atoms with Gasteiger partial charge in [-0.1, -0.05) is 12.1 Å². The number of carbonyl (C=O) groups excluding carboxylic acids is 1. The van der Waals surface area contributed by atoms with E-state index in [1.165, 1.54) is 0 Å². The van der Waals surface area contributed by atoms with Gasteiger partial charge in [0.05, 0.1) is 18.8 Å². The third-order valence-corrected chi connectivity index (χ3v) is 3.76. The molecule has 1 aromatic carbocycles. The van der Waals surface area contributed by atoms with E-state index in [1.807, 2.05) is 31.3 Å². The molecular weight excluding hydrogens is 433 g/mol. The Balaban J connectivity index is 0.00000225. The number of halogens is 1. The van der Waals surface area contributed by atoms with Crippen LogP contribution in [0.4, 0.5) is 0 Å². The van der Waals surface area contributed by atoms with Crippen molar-refractivity contribution in [1.29, 1.82) is 0 Å². The highest BCUT2D eigenvalue weighted by molar-refractivity contribution is 14.0. The minimum Gasteiger partial charge on any atom is -0.461 e. The molecular formula is C17H22IN5O2. The maximum absolute atomic E-state index is 11.7. The number of esters is 1. The quantitative estimate of drug-likeness (QED) is 0.552. The van der Waals surface area contributed by atoms with Gasteiger partial charge in [-0.3, -0.25) is 4.99 Å². The molecule has 134 valence electrons. The van der Waals surface area contributed by atoms with Gasteiger partial charge in [-0.2, -0.15) is 5.10 Å². The highest BCUT2D eigenvalue weighted by Gasteiger charge is 2.12. The lowest BCUT2D eigenvalue weighted by molar-refractivity contribution is 0.0519. The fourth-order valence-corrected chi connectivity index (χ4v) is 2.50. The van der Waals surface area contributed by atoms with Gasteiger partial charge in [-0.15, -0.1) is 24.0 Å². The van der Waals surface area contributed by atoms with E-state index in [0.717, 1.165) is 30.3 Å². The van der Waals surface area contributed by atoms with E-state index in [4.69, 9.17) is 4.74 Å². The molecule has 0 spiro atoms. The number of nitrogens with one attached hydrogen (secondary N) is 1. The zero-order valence-electron chi connectivity index (χ0n) is 14.3. The maximum Gasteiger partial charge on any atom is 0.358 e. The van der Waals surface area contributed by atoms with Crippen LogP contribution in [0.15, 0.2) is 41.5 Å². The molecule has 0 radical (unpaired) electrons. The summed E-state index contributed by atoms with van der Waals surface area (Å²) in [6, 6.07) is 9.65. The van der Waals surface area contributed by atoms with E-state index in [9.17, 15) is 4.79 Å². The molecule has 0 saturated heterocycles. The summed E-state index contributed by atoms with van der Waals surface area (Å²) in [6.45, 7) is 4.58. The van der Waals surface area contributed by atoms with Gasteiger partial charge in [-0.05, 0) is 30.7 Å². The Morgan fingerprint density at radius 2 is 2.20 bits per heavy atom. The van der Waals surface area contributed by atoms with E-state index >= 15 is 0 Å². The average molecular weight is 455 g/mol. The van der Waals surface area contributed by atoms with Crippen LogP contribution in [0.3, 0.4) is 0 Å². The SMILES string of the molecule is CCOC(=O)c1ccn(-c2cccc(CNC3=NCCN3C)c2)n1.I. The molecule has 0 atom stereocenters. The molecule has 1 aromatic heterocycles. The molecule has 0 amide bonds. The molecule has 25 heavy (non-hydrogen) atoms. The maximum atomic E-state index is 11.7. The lowest BCUT2D eigenvalue weighted by Gasteiger charge is -2.15. The van der Waals surface area contributed by atoms with Crippen molar-refractivity contribution in [2.24, 2.45) is 4.99 Å². The largest absolute Gasteiger partial charge is 0.461 e. The van der Waals surface area contributed by atoms with Crippen LogP contribution in [0, 0.1) is 0 Å². The van der Waals surface area contributed by atoms with Crippen LogP contribution in [-0.4, -0.2) is 53.4 Å². The number of hydrogen-bond donors (Lipinski definition) is 1. The first-order valence-corrected chi connectivity index (χ1v) is 7.99. The molecule has 2 heterocycles. The second kappa shape index (κ2) is 8.84. The zero-order chi connectivity index (χ0) is 16.9. The molecule has 0 fully saturated rings. The number of hydrogen-bond acceptors (Lipinski definition) is 6. The van der Waals surface area contributed by atoms with E-state index in [0.29, 0.717) is 18.8 Å². The second-order valence-corrected chi connectivity index (χ2v) is 5.52. The molecule has 1 N–H and O–H groups in total. The van der Waals surface area contributed by atoms with Gasteiger partial charge in [0.2, 0.25) is 0 Å². The number of likely N-dealkylation sites (N-methyl/N-ethyl adjacent to an activating group) is 1. The fourth-order valence-electron chi connectivity index (χ4n) is 2.50. The first kappa shape index (κ1) is 19.2. The van der Waals surface area contributed by atoms with Crippen LogP contribution in [0.2, 0.25) is 0 Å². The molecule has 7 nitrogen and oxygen atoms in total. The molecule has 0 bridgehead atoms. The van der Waals surface area contributed by atoms with Gasteiger partial charge in [0, 0.05) is 26.3 Å². The van der Waals surface area contributed by atoms with Crippen molar-refractivity contribution < 1.29 is 9.53 Å². The normalized spacial score (nSPS) is 13.2. The average Bonchev–Trinajstić information content (AvgIpc) is 3.23. The van der Waals surface area contributed by atoms with Gasteiger partial charge in [0.25, 0.3) is 0 Å². The molecule has 0 unspecified atom stereocenters. The van der Waals surface area contributed by atoms with Crippen molar-refractivity contribution >= 4 is 35.9 Å². The van der Waals surface area contributed by atoms with E-state index in [-0.39, 0.29) is 24.0 Å². The second-order valence-electron chi connectivity index (χ2n) is 5.52. The van der Waals surface area contributed by atoms with E-state index in [2.05, 4.69) is 20.3 Å². The Bertz CT molecular complexity index is 759. The number of carbonyl (C=O) groups is 1. The molecule has 8 heteroatoms. The third kappa shape index (κ3) is 4.71. The Hall–Kier alpha value is -2.10. The Morgan fingerprint density at radius 3 is 2.92 bits per heavy atom. The summed E-state index contributed by atoms with van der Waals surface area (Å²) in [5.41, 5.74) is 2.32. The predicted molar refractivity (Wildman–Crippen MR) is 107 cm³/mol. The van der Waals surface area contributed by atoms with Gasteiger partial charge < -0.3 is 15.0 Å². The predicted octanol–water partition coefficient (Wildman–Crippen LogP) is 2.06. The number of aliphatic imine (C=N–C) groups is 1. The fraction of sp³-hybridized carbons (Fsp3) is 0.353. The minimum atomic E-state index is -0.406. The van der Waals surface area contributed by atoms with Crippen LogP contribution in [0.25, 0.3) is 5.69 Å². The van der Waals surface area contributed by atoms with Crippen LogP contribution in [-0.2, 0) is 11.3 Å². The van der Waals surface area contributed by atoms with Crippen LogP contribution < -0.4 is 5.32 Å². The van der Waals surface area contributed by atoms with Gasteiger partial charge in [-0.25, -0.2) is 9.48 Å². The molecule has 1 aliphatic rings. The highest BCUT2D eigenvalue weighted by atomic mass is 127. The van der Waals surface area contributed by atoms with Crippen molar-refractivity contribution in [3.8, 4) is 5.69 Å². The van der Waals surface area contributed by atoms with Gasteiger partial charge in [0.15, 0.2) is 11.7 Å². The smallest absolute Gasteiger partial charge is 0.358 e.